The van der Waals surface area contributed by atoms with Crippen molar-refractivity contribution in [2.24, 2.45) is 4.99 Å². The average Bonchev–Trinajstić information content (AvgIpc) is 2.55. The zero-order chi connectivity index (χ0) is 18.4. The third kappa shape index (κ3) is 4.77. The van der Waals surface area contributed by atoms with E-state index in [0.29, 0.717) is 5.56 Å². The van der Waals surface area contributed by atoms with Gasteiger partial charge in [-0.05, 0) is 18.6 Å². The molecule has 0 unspecified atom stereocenters. The number of hydrogen-bond donors (Lipinski definition) is 1. The van der Waals surface area contributed by atoms with Gasteiger partial charge in [0.15, 0.2) is 23.3 Å². The Balaban J connectivity index is 0.000000891. The molecule has 0 bridgehead atoms. The summed E-state index contributed by atoms with van der Waals surface area (Å²) in [5, 5.41) is 9.68. The van der Waals surface area contributed by atoms with E-state index in [1.165, 1.54) is 12.1 Å². The summed E-state index contributed by atoms with van der Waals surface area (Å²) < 4.78 is 65.6. The van der Waals surface area contributed by atoms with Gasteiger partial charge in [-0.3, -0.25) is 0 Å². The van der Waals surface area contributed by atoms with Crippen LogP contribution in [0.5, 0.6) is 5.75 Å². The van der Waals surface area contributed by atoms with Crippen molar-refractivity contribution in [1.82, 2.24) is 0 Å². The molecule has 0 saturated carbocycles. The molecule has 0 atom stereocenters. The van der Waals surface area contributed by atoms with E-state index in [1.807, 2.05) is 0 Å². The fourth-order valence-corrected chi connectivity index (χ4v) is 1.63. The Bertz CT molecular complexity index is 744. The van der Waals surface area contributed by atoms with E-state index in [-0.39, 0.29) is 11.3 Å². The molecule has 10 heteroatoms. The van der Waals surface area contributed by atoms with E-state index >= 15 is 0 Å². The molecule has 0 spiro atoms. The van der Waals surface area contributed by atoms with E-state index < -0.39 is 55.6 Å². The van der Waals surface area contributed by atoms with Crippen molar-refractivity contribution in [3.63, 3.8) is 0 Å². The summed E-state index contributed by atoms with van der Waals surface area (Å²) in [7, 11) is 9.87. The van der Waals surface area contributed by atoms with Gasteiger partial charge in [0.2, 0.25) is 5.82 Å². The van der Waals surface area contributed by atoms with Crippen LogP contribution >= 0.6 is 17.0 Å². The summed E-state index contributed by atoms with van der Waals surface area (Å²) in [5.41, 5.74) is -0.761. The second-order valence-corrected chi connectivity index (χ2v) is 7.99. The van der Waals surface area contributed by atoms with Crippen LogP contribution in [0, 0.1) is 36.0 Å². The first-order valence-electron chi connectivity index (χ1n) is 6.06. The summed E-state index contributed by atoms with van der Waals surface area (Å²) >= 11 is -0.826. The predicted molar refractivity (Wildman–Crippen MR) is 78.0 cm³/mol. The fourth-order valence-electron chi connectivity index (χ4n) is 1.63. The monoisotopic (exact) mass is 461 g/mol. The third-order valence-corrected chi connectivity index (χ3v) is 2.79. The maximum atomic E-state index is 13.4. The van der Waals surface area contributed by atoms with Gasteiger partial charge in [0, 0.05) is 11.8 Å². The molecule has 2 nitrogen and oxygen atoms in total. The van der Waals surface area contributed by atoms with Gasteiger partial charge in [0.1, 0.15) is 11.4 Å². The molecule has 0 aromatic heterocycles. The molecule has 2 rings (SSSR count). The number of para-hydroxylation sites is 1. The molecule has 0 heterocycles. The van der Waals surface area contributed by atoms with Gasteiger partial charge in [-0.1, -0.05) is 12.1 Å². The number of aryl methyl sites for hydroxylation is 1. The molecule has 24 heavy (non-hydrogen) atoms. The minimum atomic E-state index is -2.25. The maximum absolute atomic E-state index is 13.4. The number of halogens is 7. The molecule has 1 N–H and O–H groups in total. The Morgan fingerprint density at radius 3 is 1.92 bits per heavy atom. The molecular formula is C14H8Cl2F5NOZr. The Hall–Kier alpha value is -0.977. The second-order valence-electron chi connectivity index (χ2n) is 4.26. The van der Waals surface area contributed by atoms with Crippen molar-refractivity contribution in [3.8, 4) is 5.75 Å². The number of aliphatic imine (C=N–C) groups is 1. The van der Waals surface area contributed by atoms with E-state index in [1.54, 1.807) is 13.0 Å². The van der Waals surface area contributed by atoms with E-state index in [2.05, 4.69) is 4.99 Å². The zero-order valence-electron chi connectivity index (χ0n) is 11.8. The molecule has 0 amide bonds. The van der Waals surface area contributed by atoms with Crippen molar-refractivity contribution in [2.75, 3.05) is 0 Å². The number of aromatic hydroxyl groups is 1. The number of phenolic OH excluding ortho intramolecular Hbond substituents is 1. The first-order valence-corrected chi connectivity index (χ1v) is 12.4. The van der Waals surface area contributed by atoms with Crippen molar-refractivity contribution >= 4 is 28.9 Å². The SMILES string of the molecule is Cc1cccc(C=Nc2c(F)c(F)c(F)c(F)c2F)c1O.[Cl][Zr][Cl]. The van der Waals surface area contributed by atoms with Crippen LogP contribution in [0.3, 0.4) is 0 Å². The summed E-state index contributed by atoms with van der Waals surface area (Å²) in [4.78, 5) is 3.26. The molecule has 128 valence electrons. The summed E-state index contributed by atoms with van der Waals surface area (Å²) in [6, 6.07) is 4.48. The molecular weight excluding hydrogens is 455 g/mol. The number of benzene rings is 2. The molecule has 0 saturated heterocycles. The normalized spacial score (nSPS) is 10.5. The molecule has 0 fully saturated rings. The summed E-state index contributed by atoms with van der Waals surface area (Å²) in [6.07, 6.45) is 0.820. The first-order chi connectivity index (χ1) is 11.3. The topological polar surface area (TPSA) is 32.6 Å². The van der Waals surface area contributed by atoms with Gasteiger partial charge in [-0.2, -0.15) is 0 Å². The van der Waals surface area contributed by atoms with Crippen LogP contribution < -0.4 is 0 Å². The first kappa shape index (κ1) is 21.1. The van der Waals surface area contributed by atoms with Gasteiger partial charge in [0.25, 0.3) is 0 Å². The van der Waals surface area contributed by atoms with E-state index in [9.17, 15) is 27.1 Å². The van der Waals surface area contributed by atoms with E-state index in [0.717, 1.165) is 6.21 Å². The van der Waals surface area contributed by atoms with E-state index in [4.69, 9.17) is 17.0 Å². The number of nitrogens with zero attached hydrogens (tertiary/aromatic N) is 1. The Labute approximate surface area is 152 Å². The molecule has 0 aliphatic carbocycles. The molecule has 2 aromatic rings. The van der Waals surface area contributed by atoms with Crippen LogP contribution in [-0.4, -0.2) is 11.3 Å². The minimum absolute atomic E-state index is 0.0824. The quantitative estimate of drug-likeness (QED) is 0.271. The van der Waals surface area contributed by atoms with Gasteiger partial charge in [-0.25, -0.2) is 26.9 Å². The fraction of sp³-hybridized carbons (Fsp3) is 0.0714. The molecule has 0 aliphatic heterocycles. The number of rotatable bonds is 2. The van der Waals surface area contributed by atoms with Crippen LogP contribution in [0.4, 0.5) is 27.6 Å². The Kier molecular flexibility index (Phi) is 8.33. The van der Waals surface area contributed by atoms with Gasteiger partial charge >= 0.3 is 37.9 Å². The van der Waals surface area contributed by atoms with Crippen molar-refractivity contribution in [3.05, 3.63) is 58.4 Å². The molecule has 2 aromatic carbocycles. The van der Waals surface area contributed by atoms with Crippen LogP contribution in [0.15, 0.2) is 23.2 Å². The van der Waals surface area contributed by atoms with Crippen molar-refractivity contribution in [1.29, 1.82) is 0 Å². The summed E-state index contributed by atoms with van der Waals surface area (Å²) in [6.45, 7) is 1.57. The van der Waals surface area contributed by atoms with Crippen LogP contribution in [0.1, 0.15) is 11.1 Å². The van der Waals surface area contributed by atoms with Crippen molar-refractivity contribution in [2.45, 2.75) is 6.92 Å². The predicted octanol–water partition coefficient (Wildman–Crippen LogP) is 5.52. The molecule has 0 aliphatic rings. The van der Waals surface area contributed by atoms with Crippen LogP contribution in [0.2, 0.25) is 0 Å². The Morgan fingerprint density at radius 2 is 1.42 bits per heavy atom. The van der Waals surface area contributed by atoms with Crippen LogP contribution in [-0.2, 0) is 20.8 Å². The number of hydrogen-bond acceptors (Lipinski definition) is 2. The third-order valence-electron chi connectivity index (χ3n) is 2.79. The zero-order valence-corrected chi connectivity index (χ0v) is 15.8. The van der Waals surface area contributed by atoms with Gasteiger partial charge in [0.05, 0.1) is 0 Å². The average molecular weight is 463 g/mol. The Morgan fingerprint density at radius 1 is 0.958 bits per heavy atom. The molecule has 0 radical (unpaired) electrons. The standard InChI is InChI=1S/C14H8F5NO.2ClH.Zr/c1-6-3-2-4-7(14(6)21)5-20-13-11(18)9(16)8(15)10(17)12(13)19;;;/h2-5,21H,1H3;2*1H;/q;;;+2/p-2. The summed E-state index contributed by atoms with van der Waals surface area (Å²) in [5.74, 6) is -10.7. The second kappa shape index (κ2) is 9.49. The van der Waals surface area contributed by atoms with Crippen LogP contribution in [0.25, 0.3) is 0 Å². The van der Waals surface area contributed by atoms with Crippen molar-refractivity contribution < 1.29 is 47.9 Å². The number of phenols is 1. The van der Waals surface area contributed by atoms with Gasteiger partial charge in [-0.15, -0.1) is 0 Å². The van der Waals surface area contributed by atoms with Gasteiger partial charge < -0.3 is 5.11 Å².